The molecule has 2 N–H and O–H groups in total. The average Bonchev–Trinajstić information content (AvgIpc) is 3.76. The van der Waals surface area contributed by atoms with Crippen LogP contribution in [0.1, 0.15) is 44.6 Å². The lowest BCUT2D eigenvalue weighted by Crippen LogP contribution is -2.49. The number of urea groups is 1. The third-order valence-electron chi connectivity index (χ3n) is 7.47. The number of rotatable bonds is 11. The number of carbonyl (C=O) groups is 1. The molecule has 0 radical (unpaired) electrons. The first-order valence-electron chi connectivity index (χ1n) is 13.8. The molecule has 0 atom stereocenters. The largest absolute Gasteiger partial charge is 0.505 e. The van der Waals surface area contributed by atoms with Gasteiger partial charge in [-0.2, -0.15) is 4.98 Å². The summed E-state index contributed by atoms with van der Waals surface area (Å²) in [7, 11) is 2.16. The Hall–Kier alpha value is -3.25. The molecule has 2 aliphatic heterocycles. The van der Waals surface area contributed by atoms with E-state index < -0.39 is 29.1 Å². The van der Waals surface area contributed by atoms with Gasteiger partial charge in [0, 0.05) is 56.6 Å². The number of ether oxygens (including phenoxy) is 1. The van der Waals surface area contributed by atoms with Gasteiger partial charge in [-0.25, -0.2) is 18.6 Å². The molecule has 5 rings (SSSR count). The van der Waals surface area contributed by atoms with Gasteiger partial charge in [0.05, 0.1) is 13.2 Å². The number of halogens is 2. The molecule has 0 bridgehead atoms. The predicted molar refractivity (Wildman–Crippen MR) is 145 cm³/mol. The minimum absolute atomic E-state index is 0.105. The zero-order valence-corrected chi connectivity index (χ0v) is 22.6. The lowest BCUT2D eigenvalue weighted by Gasteiger charge is -2.36. The van der Waals surface area contributed by atoms with Crippen LogP contribution in [0.4, 0.5) is 31.0 Å². The van der Waals surface area contributed by atoms with E-state index in [1.54, 1.807) is 13.1 Å². The second-order valence-electron chi connectivity index (χ2n) is 10.4. The fourth-order valence-electron chi connectivity index (χ4n) is 5.09. The molecule has 0 unspecified atom stereocenters. The van der Waals surface area contributed by atoms with Crippen molar-refractivity contribution in [1.82, 2.24) is 19.8 Å². The van der Waals surface area contributed by atoms with Gasteiger partial charge < -0.3 is 25.0 Å². The minimum Gasteiger partial charge on any atom is -0.505 e. The second kappa shape index (κ2) is 11.9. The number of phenols is 1. The Morgan fingerprint density at radius 3 is 2.62 bits per heavy atom. The van der Waals surface area contributed by atoms with E-state index in [0.29, 0.717) is 23.9 Å². The molecule has 2 aromatic rings. The lowest BCUT2D eigenvalue weighted by atomic mass is 10.1. The van der Waals surface area contributed by atoms with Crippen LogP contribution in [0.25, 0.3) is 0 Å². The fourth-order valence-corrected chi connectivity index (χ4v) is 5.09. The number of unbranched alkanes of at least 4 members (excludes halogenated alkanes) is 2. The summed E-state index contributed by atoms with van der Waals surface area (Å²) in [6.07, 6.45) is 6.35. The van der Waals surface area contributed by atoms with Crippen molar-refractivity contribution < 1.29 is 23.4 Å². The Morgan fingerprint density at radius 2 is 1.90 bits per heavy atom. The van der Waals surface area contributed by atoms with E-state index in [-0.39, 0.29) is 24.9 Å². The summed E-state index contributed by atoms with van der Waals surface area (Å²) < 4.78 is 35.4. The number of hydrogen-bond acceptors (Lipinski definition) is 8. The number of aromatic nitrogens is 2. The number of fused-ring (bicyclic) bond motifs is 1. The first-order chi connectivity index (χ1) is 18.9. The first-order valence-corrected chi connectivity index (χ1v) is 13.8. The summed E-state index contributed by atoms with van der Waals surface area (Å²) in [4.78, 5) is 29.9. The van der Waals surface area contributed by atoms with E-state index in [9.17, 15) is 14.3 Å². The van der Waals surface area contributed by atoms with Crippen LogP contribution < -0.4 is 19.9 Å². The predicted octanol–water partition coefficient (Wildman–Crippen LogP) is 3.80. The quantitative estimate of drug-likeness (QED) is 0.412. The van der Waals surface area contributed by atoms with Gasteiger partial charge in [-0.1, -0.05) is 6.42 Å². The van der Waals surface area contributed by atoms with E-state index in [4.69, 9.17) is 4.74 Å². The summed E-state index contributed by atoms with van der Waals surface area (Å²) >= 11 is 0. The summed E-state index contributed by atoms with van der Waals surface area (Å²) in [5.41, 5.74) is -0.0714. The van der Waals surface area contributed by atoms with Gasteiger partial charge in [0.25, 0.3) is 0 Å². The Morgan fingerprint density at radius 1 is 1.13 bits per heavy atom. The molecule has 212 valence electrons. The van der Waals surface area contributed by atoms with Crippen molar-refractivity contribution in [2.75, 3.05) is 68.0 Å². The van der Waals surface area contributed by atoms with E-state index in [2.05, 4.69) is 32.1 Å². The first kappa shape index (κ1) is 27.3. The van der Waals surface area contributed by atoms with Gasteiger partial charge in [0.2, 0.25) is 5.95 Å². The van der Waals surface area contributed by atoms with Crippen LogP contribution in [0, 0.1) is 11.6 Å². The molecule has 2 amide bonds. The highest BCUT2D eigenvalue weighted by Gasteiger charge is 2.44. The number of anilines is 3. The normalized spacial score (nSPS) is 18.4. The summed E-state index contributed by atoms with van der Waals surface area (Å²) in [6, 6.07) is 0.183. The number of hydrogen-bond donors (Lipinski definition) is 2. The van der Waals surface area contributed by atoms with Crippen LogP contribution in [0.3, 0.4) is 0 Å². The molecule has 1 saturated heterocycles. The zero-order chi connectivity index (χ0) is 27.5. The fraction of sp³-hybridized carbons (Fsp3) is 0.593. The van der Waals surface area contributed by atoms with Crippen LogP contribution in [-0.2, 0) is 6.54 Å². The van der Waals surface area contributed by atoms with Crippen molar-refractivity contribution in [3.8, 4) is 11.5 Å². The van der Waals surface area contributed by atoms with Gasteiger partial charge in [-0.3, -0.25) is 9.80 Å². The number of nitrogens with one attached hydrogen (secondary N) is 1. The standard InChI is InChI=1S/C27H37F2N7O3/c1-3-39-21-15-20(37)22(28)24(23(21)29)35-17-18-16-31-26(32-25(18)36(27(35)38)19-7-8-19)30-9-5-4-6-10-34-13-11-33(2)12-14-34/h15-16,19,37H,3-14,17H2,1-2H3,(H,30,31,32). The molecule has 3 aliphatic rings. The van der Waals surface area contributed by atoms with Gasteiger partial charge in [0.15, 0.2) is 23.1 Å². The highest BCUT2D eigenvalue weighted by Crippen LogP contribution is 2.43. The smallest absolute Gasteiger partial charge is 0.330 e. The van der Waals surface area contributed by atoms with Crippen molar-refractivity contribution >= 4 is 23.5 Å². The molecule has 1 aliphatic carbocycles. The molecule has 1 aromatic carbocycles. The highest BCUT2D eigenvalue weighted by molar-refractivity contribution is 6.06. The molecule has 1 aromatic heterocycles. The van der Waals surface area contributed by atoms with Crippen molar-refractivity contribution in [3.63, 3.8) is 0 Å². The molecular weight excluding hydrogens is 508 g/mol. The van der Waals surface area contributed by atoms with Crippen LogP contribution >= 0.6 is 0 Å². The summed E-state index contributed by atoms with van der Waals surface area (Å²) in [5, 5.41) is 13.3. The van der Waals surface area contributed by atoms with Crippen LogP contribution in [0.15, 0.2) is 12.3 Å². The van der Waals surface area contributed by atoms with Crippen LogP contribution in [-0.4, -0.2) is 89.9 Å². The minimum atomic E-state index is -1.21. The number of nitrogens with zero attached hydrogens (tertiary/aromatic N) is 6. The Bertz CT molecular complexity index is 1190. The molecule has 39 heavy (non-hydrogen) atoms. The van der Waals surface area contributed by atoms with Gasteiger partial charge in [-0.15, -0.1) is 0 Å². The van der Waals surface area contributed by atoms with E-state index in [0.717, 1.165) is 75.8 Å². The number of benzene rings is 1. The van der Waals surface area contributed by atoms with E-state index in [1.807, 2.05) is 0 Å². The number of piperazine rings is 1. The van der Waals surface area contributed by atoms with Crippen molar-refractivity contribution in [1.29, 1.82) is 0 Å². The molecule has 12 heteroatoms. The van der Waals surface area contributed by atoms with E-state index >= 15 is 4.39 Å². The zero-order valence-electron chi connectivity index (χ0n) is 22.6. The van der Waals surface area contributed by atoms with Gasteiger partial charge in [0.1, 0.15) is 11.5 Å². The molecule has 3 heterocycles. The van der Waals surface area contributed by atoms with Crippen molar-refractivity contribution in [2.45, 2.75) is 51.6 Å². The van der Waals surface area contributed by atoms with Crippen molar-refractivity contribution in [3.05, 3.63) is 29.5 Å². The number of carbonyl (C=O) groups excluding carboxylic acids is 1. The number of amides is 2. The Balaban J connectivity index is 1.25. The molecule has 0 spiro atoms. The second-order valence-corrected chi connectivity index (χ2v) is 10.4. The third kappa shape index (κ3) is 6.01. The maximum Gasteiger partial charge on any atom is 0.330 e. The maximum absolute atomic E-state index is 15.3. The molecule has 2 fully saturated rings. The summed E-state index contributed by atoms with van der Waals surface area (Å²) in [6.45, 7) is 7.97. The Labute approximate surface area is 227 Å². The highest BCUT2D eigenvalue weighted by atomic mass is 19.1. The third-order valence-corrected chi connectivity index (χ3v) is 7.47. The van der Waals surface area contributed by atoms with Crippen LogP contribution in [0.5, 0.6) is 11.5 Å². The number of likely N-dealkylation sites (N-methyl/N-ethyl adjacent to an activating group) is 1. The summed E-state index contributed by atoms with van der Waals surface area (Å²) in [5.74, 6) is -2.47. The molecule has 10 nitrogen and oxygen atoms in total. The van der Waals surface area contributed by atoms with Gasteiger partial charge >= 0.3 is 6.03 Å². The molecular formula is C27H37F2N7O3. The Kier molecular flexibility index (Phi) is 8.31. The SMILES string of the molecule is CCOc1cc(O)c(F)c(N2Cc3cnc(NCCCCCN4CCN(C)CC4)nc3N(C3CC3)C2=O)c1F. The number of phenolic OH excluding ortho intramolecular Hbond substituents is 1. The number of aromatic hydroxyl groups is 1. The molecule has 1 saturated carbocycles. The van der Waals surface area contributed by atoms with E-state index in [1.165, 1.54) is 4.90 Å². The van der Waals surface area contributed by atoms with Gasteiger partial charge in [-0.05, 0) is 46.2 Å². The lowest BCUT2D eigenvalue weighted by molar-refractivity contribution is 0.152. The van der Waals surface area contributed by atoms with Crippen LogP contribution in [0.2, 0.25) is 0 Å². The monoisotopic (exact) mass is 545 g/mol. The van der Waals surface area contributed by atoms with Crippen molar-refractivity contribution in [2.24, 2.45) is 0 Å². The average molecular weight is 546 g/mol. The topological polar surface area (TPSA) is 97.3 Å². The maximum atomic E-state index is 15.3.